The van der Waals surface area contributed by atoms with Gasteiger partial charge in [-0.25, -0.2) is 0 Å². The van der Waals surface area contributed by atoms with E-state index in [0.717, 1.165) is 33.6 Å². The number of anilines is 2. The molecule has 5 rings (SSSR count). The normalized spacial score (nSPS) is 22.5. The van der Waals surface area contributed by atoms with Gasteiger partial charge in [-0.15, -0.1) is 0 Å². The van der Waals surface area contributed by atoms with Crippen LogP contribution in [0.4, 0.5) is 11.4 Å². The number of hydrogen-bond donors (Lipinski definition) is 2. The van der Waals surface area contributed by atoms with Crippen LogP contribution in [0.15, 0.2) is 60.7 Å². The van der Waals surface area contributed by atoms with Gasteiger partial charge in [-0.1, -0.05) is 42.0 Å². The van der Waals surface area contributed by atoms with Crippen molar-refractivity contribution in [3.63, 3.8) is 0 Å². The van der Waals surface area contributed by atoms with E-state index in [4.69, 9.17) is 21.7 Å². The summed E-state index contributed by atoms with van der Waals surface area (Å²) in [4.78, 5) is 15.9. The minimum atomic E-state index is -1.11. The van der Waals surface area contributed by atoms with E-state index in [-0.39, 0.29) is 5.91 Å². The number of nitrogens with zero attached hydrogens (tertiary/aromatic N) is 1. The molecule has 0 spiro atoms. The van der Waals surface area contributed by atoms with Gasteiger partial charge in [0, 0.05) is 16.9 Å². The third-order valence-corrected chi connectivity index (χ3v) is 7.19. The SMILES string of the molecule is COc1cccc2c1O[C@]1(C)[C@H](C(=O)Nc3ccc(C)cc3C)[C@H]2NC(=S)N1c1cccc(C)c1. The number of carbonyl (C=O) groups is 1. The van der Waals surface area contributed by atoms with Gasteiger partial charge in [0.2, 0.25) is 5.91 Å². The number of para-hydroxylation sites is 1. The standard InChI is InChI=1S/C28H29N3O3S/c1-16-8-6-9-19(15-16)31-27(35)30-24-20-10-7-11-22(33-5)25(20)34-28(31,4)23(24)26(32)29-21-13-12-17(2)14-18(21)3/h6-15,23-24H,1-5H3,(H,29,32)(H,30,35)/t23-,24-,28+/m0/s1. The van der Waals surface area contributed by atoms with E-state index in [1.807, 2.05) is 87.2 Å². The molecule has 7 heteroatoms. The number of amides is 1. The second-order valence-electron chi connectivity index (χ2n) is 9.42. The third kappa shape index (κ3) is 3.80. The van der Waals surface area contributed by atoms with E-state index in [1.165, 1.54) is 0 Å². The monoisotopic (exact) mass is 487 g/mol. The number of rotatable bonds is 4. The van der Waals surface area contributed by atoms with Crippen LogP contribution in [-0.2, 0) is 4.79 Å². The zero-order chi connectivity index (χ0) is 24.9. The highest BCUT2D eigenvalue weighted by Gasteiger charge is 2.59. The molecule has 35 heavy (non-hydrogen) atoms. The largest absolute Gasteiger partial charge is 0.493 e. The third-order valence-electron chi connectivity index (χ3n) is 6.89. The minimum Gasteiger partial charge on any atom is -0.493 e. The number of ether oxygens (including phenoxy) is 2. The fourth-order valence-electron chi connectivity index (χ4n) is 5.25. The Hall–Kier alpha value is -3.58. The summed E-state index contributed by atoms with van der Waals surface area (Å²) in [6, 6.07) is 19.4. The molecule has 2 bridgehead atoms. The zero-order valence-corrected chi connectivity index (χ0v) is 21.3. The number of nitrogens with one attached hydrogen (secondary N) is 2. The number of aryl methyl sites for hydroxylation is 3. The number of carbonyl (C=O) groups excluding carboxylic acids is 1. The van der Waals surface area contributed by atoms with Crippen molar-refractivity contribution in [2.75, 3.05) is 17.3 Å². The molecule has 1 fully saturated rings. The van der Waals surface area contributed by atoms with Crippen molar-refractivity contribution in [3.8, 4) is 11.5 Å². The predicted molar refractivity (Wildman–Crippen MR) is 142 cm³/mol. The lowest BCUT2D eigenvalue weighted by Gasteiger charge is -2.56. The smallest absolute Gasteiger partial charge is 0.236 e. The van der Waals surface area contributed by atoms with Crippen molar-refractivity contribution in [3.05, 3.63) is 82.9 Å². The van der Waals surface area contributed by atoms with Crippen molar-refractivity contribution < 1.29 is 14.3 Å². The highest BCUT2D eigenvalue weighted by molar-refractivity contribution is 7.80. The lowest BCUT2D eigenvalue weighted by molar-refractivity contribution is -0.130. The Morgan fingerprint density at radius 2 is 1.83 bits per heavy atom. The van der Waals surface area contributed by atoms with E-state index in [2.05, 4.69) is 16.7 Å². The summed E-state index contributed by atoms with van der Waals surface area (Å²) in [6.07, 6.45) is 0. The molecule has 180 valence electrons. The molecule has 0 unspecified atom stereocenters. The van der Waals surface area contributed by atoms with Crippen LogP contribution < -0.4 is 25.0 Å². The summed E-state index contributed by atoms with van der Waals surface area (Å²) in [5, 5.41) is 7.12. The number of methoxy groups -OCH3 is 1. The zero-order valence-electron chi connectivity index (χ0n) is 20.5. The number of fused-ring (bicyclic) bond motifs is 4. The Bertz CT molecular complexity index is 1340. The highest BCUT2D eigenvalue weighted by Crippen LogP contribution is 2.52. The van der Waals surface area contributed by atoms with Gasteiger partial charge in [0.1, 0.15) is 5.92 Å². The van der Waals surface area contributed by atoms with Crippen molar-refractivity contribution in [1.82, 2.24) is 5.32 Å². The summed E-state index contributed by atoms with van der Waals surface area (Å²) < 4.78 is 12.3. The molecule has 0 saturated carbocycles. The maximum absolute atomic E-state index is 14.0. The van der Waals surface area contributed by atoms with Crippen LogP contribution in [-0.4, -0.2) is 23.9 Å². The Morgan fingerprint density at radius 1 is 1.09 bits per heavy atom. The van der Waals surface area contributed by atoms with E-state index in [9.17, 15) is 4.79 Å². The van der Waals surface area contributed by atoms with Crippen LogP contribution in [0.5, 0.6) is 11.5 Å². The van der Waals surface area contributed by atoms with Gasteiger partial charge >= 0.3 is 0 Å². The Balaban J connectivity index is 1.65. The summed E-state index contributed by atoms with van der Waals surface area (Å²) in [6.45, 7) is 7.99. The maximum atomic E-state index is 14.0. The van der Waals surface area contributed by atoms with Crippen molar-refractivity contribution in [2.24, 2.45) is 5.92 Å². The first kappa shape index (κ1) is 23.2. The van der Waals surface area contributed by atoms with Crippen LogP contribution in [0.2, 0.25) is 0 Å². The van der Waals surface area contributed by atoms with Gasteiger partial charge in [-0.05, 0) is 75.3 Å². The van der Waals surface area contributed by atoms with Crippen molar-refractivity contribution in [2.45, 2.75) is 39.5 Å². The fourth-order valence-corrected chi connectivity index (χ4v) is 5.66. The number of thiocarbonyl (C=S) groups is 1. The summed E-state index contributed by atoms with van der Waals surface area (Å²) in [5.74, 6) is 0.470. The quantitative estimate of drug-likeness (QED) is 0.479. The lowest BCUT2D eigenvalue weighted by atomic mass is 9.78. The molecule has 2 aliphatic rings. The summed E-state index contributed by atoms with van der Waals surface area (Å²) in [5.41, 5.74) is 4.60. The first-order valence-corrected chi connectivity index (χ1v) is 12.0. The summed E-state index contributed by atoms with van der Waals surface area (Å²) >= 11 is 5.85. The second kappa shape index (κ2) is 8.57. The van der Waals surface area contributed by atoms with Gasteiger partial charge in [-0.3, -0.25) is 9.69 Å². The van der Waals surface area contributed by atoms with E-state index >= 15 is 0 Å². The molecule has 1 saturated heterocycles. The number of benzene rings is 3. The molecule has 3 atom stereocenters. The van der Waals surface area contributed by atoms with Crippen LogP contribution in [0.1, 0.15) is 35.2 Å². The molecular weight excluding hydrogens is 458 g/mol. The molecule has 2 aliphatic heterocycles. The van der Waals surface area contributed by atoms with Gasteiger partial charge in [0.15, 0.2) is 22.3 Å². The molecule has 0 radical (unpaired) electrons. The summed E-state index contributed by atoms with van der Waals surface area (Å²) in [7, 11) is 1.62. The van der Waals surface area contributed by atoms with E-state index in [1.54, 1.807) is 7.11 Å². The van der Waals surface area contributed by atoms with Gasteiger partial charge in [0.05, 0.1) is 13.2 Å². The first-order chi connectivity index (χ1) is 16.7. The second-order valence-corrected chi connectivity index (χ2v) is 9.81. The number of hydrogen-bond acceptors (Lipinski definition) is 4. The van der Waals surface area contributed by atoms with Gasteiger partial charge < -0.3 is 20.1 Å². The molecule has 2 N–H and O–H groups in total. The molecule has 6 nitrogen and oxygen atoms in total. The van der Waals surface area contributed by atoms with Crippen LogP contribution in [0.3, 0.4) is 0 Å². The fraction of sp³-hybridized carbons (Fsp3) is 0.286. The topological polar surface area (TPSA) is 62.8 Å². The predicted octanol–water partition coefficient (Wildman–Crippen LogP) is 5.42. The van der Waals surface area contributed by atoms with Gasteiger partial charge in [-0.2, -0.15) is 0 Å². The highest BCUT2D eigenvalue weighted by atomic mass is 32.1. The van der Waals surface area contributed by atoms with Crippen LogP contribution in [0, 0.1) is 26.7 Å². The molecule has 3 aromatic carbocycles. The maximum Gasteiger partial charge on any atom is 0.236 e. The Morgan fingerprint density at radius 3 is 2.54 bits per heavy atom. The average molecular weight is 488 g/mol. The molecule has 0 aliphatic carbocycles. The van der Waals surface area contributed by atoms with Crippen LogP contribution in [0.25, 0.3) is 0 Å². The van der Waals surface area contributed by atoms with Crippen molar-refractivity contribution in [1.29, 1.82) is 0 Å². The Kier molecular flexibility index (Phi) is 5.68. The van der Waals surface area contributed by atoms with Crippen molar-refractivity contribution >= 4 is 34.6 Å². The molecule has 3 aromatic rings. The lowest BCUT2D eigenvalue weighted by Crippen LogP contribution is -2.72. The minimum absolute atomic E-state index is 0.148. The molecule has 2 heterocycles. The molecular formula is C28H29N3O3S. The van der Waals surface area contributed by atoms with Gasteiger partial charge in [0.25, 0.3) is 0 Å². The molecule has 1 amide bonds. The average Bonchev–Trinajstić information content (AvgIpc) is 2.80. The van der Waals surface area contributed by atoms with E-state index in [0.29, 0.717) is 16.6 Å². The van der Waals surface area contributed by atoms with Crippen LogP contribution >= 0.6 is 12.2 Å². The Labute approximate surface area is 211 Å². The first-order valence-electron chi connectivity index (χ1n) is 11.6. The molecule has 0 aromatic heterocycles. The van der Waals surface area contributed by atoms with E-state index < -0.39 is 17.7 Å².